The number of hydrogen-bond donors (Lipinski definition) is 3. The Labute approximate surface area is 114 Å². The summed E-state index contributed by atoms with van der Waals surface area (Å²) < 4.78 is 30.9. The lowest BCUT2D eigenvalue weighted by Crippen LogP contribution is -2.40. The number of esters is 1. The van der Waals surface area contributed by atoms with E-state index in [1.165, 1.54) is 5.38 Å². The number of thiophene rings is 1. The van der Waals surface area contributed by atoms with Crippen LogP contribution in [0.2, 0.25) is 0 Å². The van der Waals surface area contributed by atoms with Gasteiger partial charge in [-0.15, -0.1) is 11.3 Å². The number of nitrogens with one attached hydrogen (secondary N) is 1. The number of sulfonamides is 1. The van der Waals surface area contributed by atoms with Crippen molar-refractivity contribution in [1.82, 2.24) is 4.72 Å². The molecular formula is C10H15NO6S2. The van der Waals surface area contributed by atoms with E-state index in [1.807, 2.05) is 0 Å². The van der Waals surface area contributed by atoms with Crippen LogP contribution in [0.1, 0.15) is 15.2 Å². The molecule has 1 rings (SSSR count). The first kappa shape index (κ1) is 16.1. The molecule has 0 saturated carbocycles. The van der Waals surface area contributed by atoms with Crippen LogP contribution in [0, 0.1) is 6.92 Å². The van der Waals surface area contributed by atoms with Gasteiger partial charge in [0, 0.05) is 0 Å². The third kappa shape index (κ3) is 3.51. The lowest BCUT2D eigenvalue weighted by atomic mass is 10.3. The predicted molar refractivity (Wildman–Crippen MR) is 68.7 cm³/mol. The Morgan fingerprint density at radius 2 is 2.05 bits per heavy atom. The van der Waals surface area contributed by atoms with Gasteiger partial charge in [-0.2, -0.15) is 0 Å². The SMILES string of the molecule is COC(=O)c1scc(C)c1S(=O)(=O)NC(CO)CO. The van der Waals surface area contributed by atoms with Crippen LogP contribution in [0.25, 0.3) is 0 Å². The summed E-state index contributed by atoms with van der Waals surface area (Å²) in [7, 11) is -2.86. The minimum Gasteiger partial charge on any atom is -0.465 e. The van der Waals surface area contributed by atoms with Gasteiger partial charge in [-0.3, -0.25) is 0 Å². The van der Waals surface area contributed by atoms with Crippen molar-refractivity contribution >= 4 is 27.3 Å². The Morgan fingerprint density at radius 3 is 2.53 bits per heavy atom. The van der Waals surface area contributed by atoms with E-state index in [1.54, 1.807) is 6.92 Å². The summed E-state index contributed by atoms with van der Waals surface area (Å²) in [4.78, 5) is 11.3. The van der Waals surface area contributed by atoms with Gasteiger partial charge < -0.3 is 14.9 Å². The summed E-state index contributed by atoms with van der Waals surface area (Å²) in [6.45, 7) is 0.448. The largest absolute Gasteiger partial charge is 0.465 e. The van der Waals surface area contributed by atoms with Gasteiger partial charge in [0.15, 0.2) is 0 Å². The highest BCUT2D eigenvalue weighted by Crippen LogP contribution is 2.27. The minimum atomic E-state index is -4.02. The molecule has 0 aliphatic heterocycles. The molecule has 0 aliphatic rings. The van der Waals surface area contributed by atoms with E-state index in [-0.39, 0.29) is 9.77 Å². The third-order valence-corrected chi connectivity index (χ3v) is 5.23. The van der Waals surface area contributed by atoms with Crippen LogP contribution in [0.15, 0.2) is 10.3 Å². The number of methoxy groups -OCH3 is 1. The van der Waals surface area contributed by atoms with Crippen molar-refractivity contribution in [2.75, 3.05) is 20.3 Å². The topological polar surface area (TPSA) is 113 Å². The molecule has 108 valence electrons. The molecule has 0 spiro atoms. The molecule has 0 saturated heterocycles. The Balaban J connectivity index is 3.21. The Kier molecular flexibility index (Phi) is 5.44. The molecule has 1 heterocycles. The average Bonchev–Trinajstić information content (AvgIpc) is 2.77. The van der Waals surface area contributed by atoms with Crippen molar-refractivity contribution in [2.45, 2.75) is 17.9 Å². The first-order chi connectivity index (χ1) is 8.87. The number of aliphatic hydroxyl groups is 2. The summed E-state index contributed by atoms with van der Waals surface area (Å²) >= 11 is 0.959. The second-order valence-electron chi connectivity index (χ2n) is 3.75. The van der Waals surface area contributed by atoms with Gasteiger partial charge in [0.2, 0.25) is 10.0 Å². The van der Waals surface area contributed by atoms with E-state index < -0.39 is 35.2 Å². The summed E-state index contributed by atoms with van der Waals surface area (Å²) in [5.41, 5.74) is 0.396. The van der Waals surface area contributed by atoms with Crippen LogP contribution < -0.4 is 4.72 Å². The number of aryl methyl sites for hydroxylation is 1. The van der Waals surface area contributed by atoms with Crippen LogP contribution in [0.5, 0.6) is 0 Å². The molecule has 0 radical (unpaired) electrons. The zero-order chi connectivity index (χ0) is 14.6. The Hall–Kier alpha value is -1.00. The molecule has 3 N–H and O–H groups in total. The summed E-state index contributed by atoms with van der Waals surface area (Å²) in [6, 6.07) is -1.02. The molecule has 9 heteroatoms. The highest BCUT2D eigenvalue weighted by atomic mass is 32.2. The van der Waals surface area contributed by atoms with Gasteiger partial charge in [0.25, 0.3) is 0 Å². The maximum absolute atomic E-state index is 12.1. The van der Waals surface area contributed by atoms with Gasteiger partial charge in [-0.1, -0.05) is 0 Å². The van der Waals surface area contributed by atoms with Crippen molar-refractivity contribution in [3.8, 4) is 0 Å². The van der Waals surface area contributed by atoms with E-state index in [4.69, 9.17) is 10.2 Å². The van der Waals surface area contributed by atoms with Crippen molar-refractivity contribution in [1.29, 1.82) is 0 Å². The molecule has 1 aromatic rings. The second kappa shape index (κ2) is 6.44. The smallest absolute Gasteiger partial charge is 0.349 e. The molecule has 0 unspecified atom stereocenters. The first-order valence-corrected chi connectivity index (χ1v) is 7.64. The summed E-state index contributed by atoms with van der Waals surface area (Å²) in [6.07, 6.45) is 0. The summed E-state index contributed by atoms with van der Waals surface area (Å²) in [5, 5.41) is 19.3. The normalized spacial score (nSPS) is 11.8. The van der Waals surface area contributed by atoms with E-state index in [0.29, 0.717) is 5.56 Å². The predicted octanol–water partition coefficient (Wildman–Crippen LogP) is -0.525. The molecule has 0 aliphatic carbocycles. The van der Waals surface area contributed by atoms with Gasteiger partial charge in [0.1, 0.15) is 9.77 Å². The van der Waals surface area contributed by atoms with E-state index in [2.05, 4.69) is 9.46 Å². The standard InChI is InChI=1S/C10H15NO6S2/c1-6-5-18-8(10(14)17-2)9(6)19(15,16)11-7(3-12)4-13/h5,7,11-13H,3-4H2,1-2H3. The highest BCUT2D eigenvalue weighted by Gasteiger charge is 2.29. The summed E-state index contributed by atoms with van der Waals surface area (Å²) in [5.74, 6) is -0.747. The fourth-order valence-corrected chi connectivity index (χ4v) is 4.34. The second-order valence-corrected chi connectivity index (χ2v) is 6.28. The molecular weight excluding hydrogens is 294 g/mol. The lowest BCUT2D eigenvalue weighted by molar-refractivity contribution is 0.0602. The number of carbonyl (C=O) groups excluding carboxylic acids is 1. The number of rotatable bonds is 6. The highest BCUT2D eigenvalue weighted by molar-refractivity contribution is 7.89. The van der Waals surface area contributed by atoms with Gasteiger partial charge in [-0.25, -0.2) is 17.9 Å². The van der Waals surface area contributed by atoms with Crippen molar-refractivity contribution in [2.24, 2.45) is 0 Å². The molecule has 0 bridgehead atoms. The van der Waals surface area contributed by atoms with Gasteiger partial charge in [0.05, 0.1) is 26.4 Å². The number of hydrogen-bond acceptors (Lipinski definition) is 7. The number of ether oxygens (including phenoxy) is 1. The fourth-order valence-electron chi connectivity index (χ4n) is 1.41. The Bertz CT molecular complexity index is 546. The molecule has 0 aromatic carbocycles. The van der Waals surface area contributed by atoms with Crippen LogP contribution in [0.4, 0.5) is 0 Å². The third-order valence-electron chi connectivity index (χ3n) is 2.32. The minimum absolute atomic E-state index is 0.0397. The van der Waals surface area contributed by atoms with Crippen LogP contribution in [-0.2, 0) is 14.8 Å². The molecule has 0 amide bonds. The van der Waals surface area contributed by atoms with E-state index in [9.17, 15) is 13.2 Å². The average molecular weight is 309 g/mol. The number of carbonyl (C=O) groups is 1. The maximum Gasteiger partial charge on any atom is 0.349 e. The zero-order valence-electron chi connectivity index (χ0n) is 10.4. The van der Waals surface area contributed by atoms with Crippen LogP contribution in [0.3, 0.4) is 0 Å². The lowest BCUT2D eigenvalue weighted by Gasteiger charge is -2.14. The molecule has 0 fully saturated rings. The molecule has 1 aromatic heterocycles. The molecule has 19 heavy (non-hydrogen) atoms. The van der Waals surface area contributed by atoms with E-state index in [0.717, 1.165) is 18.4 Å². The van der Waals surface area contributed by atoms with Crippen molar-refractivity contribution < 1.29 is 28.2 Å². The molecule has 0 atom stereocenters. The van der Waals surface area contributed by atoms with Crippen LogP contribution >= 0.6 is 11.3 Å². The maximum atomic E-state index is 12.1. The zero-order valence-corrected chi connectivity index (χ0v) is 12.0. The van der Waals surface area contributed by atoms with Gasteiger partial charge in [-0.05, 0) is 17.9 Å². The Morgan fingerprint density at radius 1 is 1.47 bits per heavy atom. The van der Waals surface area contributed by atoms with Crippen LogP contribution in [-0.4, -0.2) is 51.0 Å². The van der Waals surface area contributed by atoms with E-state index >= 15 is 0 Å². The quantitative estimate of drug-likeness (QED) is 0.609. The number of aliphatic hydroxyl groups excluding tert-OH is 2. The van der Waals surface area contributed by atoms with Crippen molar-refractivity contribution in [3.05, 3.63) is 15.8 Å². The first-order valence-electron chi connectivity index (χ1n) is 5.27. The van der Waals surface area contributed by atoms with Crippen molar-refractivity contribution in [3.63, 3.8) is 0 Å². The monoisotopic (exact) mass is 309 g/mol. The molecule has 7 nitrogen and oxygen atoms in total. The van der Waals surface area contributed by atoms with Gasteiger partial charge >= 0.3 is 5.97 Å². The fraction of sp³-hybridized carbons (Fsp3) is 0.500.